The first-order valence-electron chi connectivity index (χ1n) is 6.48. The second-order valence-corrected chi connectivity index (χ2v) is 5.31. The fraction of sp³-hybridized carbons (Fsp3) is 0.188. The summed E-state index contributed by atoms with van der Waals surface area (Å²) in [6.45, 7) is 2.09. The van der Waals surface area contributed by atoms with E-state index < -0.39 is 0 Å². The van der Waals surface area contributed by atoms with Gasteiger partial charge in [0, 0.05) is 10.7 Å². The van der Waals surface area contributed by atoms with Gasteiger partial charge >= 0.3 is 0 Å². The molecule has 0 spiro atoms. The Morgan fingerprint density at radius 1 is 1.20 bits per heavy atom. The number of halogens is 1. The minimum absolute atomic E-state index is 0.136. The van der Waals surface area contributed by atoms with Gasteiger partial charge in [-0.25, -0.2) is 4.98 Å². The molecule has 0 aliphatic rings. The van der Waals surface area contributed by atoms with Gasteiger partial charge in [-0.1, -0.05) is 47.5 Å². The Labute approximate surface area is 126 Å². The zero-order valence-corrected chi connectivity index (χ0v) is 12.8. The maximum Gasteiger partial charge on any atom is 0.205 e. The summed E-state index contributed by atoms with van der Waals surface area (Å²) in [6, 6.07) is 7.74. The standard InChI is InChI=1S/C16H15BrN2O/c1-2-3-14-10-19-15(11-18-14)16(20)9-6-12-4-7-13(17)8-5-12/h4-11H,2-3H2,1H3/b9-6+. The van der Waals surface area contributed by atoms with Crippen molar-refractivity contribution < 1.29 is 4.79 Å². The van der Waals surface area contributed by atoms with E-state index in [2.05, 4.69) is 32.8 Å². The van der Waals surface area contributed by atoms with Crippen LogP contribution in [0.2, 0.25) is 0 Å². The molecule has 2 aromatic rings. The molecule has 0 amide bonds. The molecule has 0 radical (unpaired) electrons. The van der Waals surface area contributed by atoms with Crippen LogP contribution >= 0.6 is 15.9 Å². The van der Waals surface area contributed by atoms with Crippen molar-refractivity contribution in [3.05, 3.63) is 64.2 Å². The van der Waals surface area contributed by atoms with E-state index >= 15 is 0 Å². The first-order valence-corrected chi connectivity index (χ1v) is 7.27. The van der Waals surface area contributed by atoms with Crippen LogP contribution in [0.25, 0.3) is 6.08 Å². The Morgan fingerprint density at radius 3 is 2.55 bits per heavy atom. The van der Waals surface area contributed by atoms with Crippen molar-refractivity contribution in [1.29, 1.82) is 0 Å². The summed E-state index contributed by atoms with van der Waals surface area (Å²) in [7, 11) is 0. The van der Waals surface area contributed by atoms with Gasteiger partial charge in [0.2, 0.25) is 5.78 Å². The Morgan fingerprint density at radius 2 is 1.95 bits per heavy atom. The summed E-state index contributed by atoms with van der Waals surface area (Å²) in [5, 5.41) is 0. The van der Waals surface area contributed by atoms with Crippen LogP contribution in [0.1, 0.15) is 35.1 Å². The van der Waals surface area contributed by atoms with Gasteiger partial charge in [-0.2, -0.15) is 0 Å². The molecule has 0 unspecified atom stereocenters. The van der Waals surface area contributed by atoms with E-state index in [-0.39, 0.29) is 5.78 Å². The number of rotatable bonds is 5. The van der Waals surface area contributed by atoms with Gasteiger partial charge in [0.25, 0.3) is 0 Å². The van der Waals surface area contributed by atoms with E-state index in [0.717, 1.165) is 28.6 Å². The first kappa shape index (κ1) is 14.6. The highest BCUT2D eigenvalue weighted by Crippen LogP contribution is 2.12. The maximum absolute atomic E-state index is 12.0. The summed E-state index contributed by atoms with van der Waals surface area (Å²) in [5.74, 6) is -0.136. The molecule has 1 heterocycles. The predicted molar refractivity (Wildman–Crippen MR) is 83.5 cm³/mol. The van der Waals surface area contributed by atoms with Crippen LogP contribution in [0.4, 0.5) is 0 Å². The minimum atomic E-state index is -0.136. The topological polar surface area (TPSA) is 42.9 Å². The lowest BCUT2D eigenvalue weighted by molar-refractivity contribution is 0.104. The lowest BCUT2D eigenvalue weighted by atomic mass is 10.2. The quantitative estimate of drug-likeness (QED) is 0.612. The average Bonchev–Trinajstić information content (AvgIpc) is 2.47. The molecule has 0 N–H and O–H groups in total. The van der Waals surface area contributed by atoms with Crippen molar-refractivity contribution in [3.63, 3.8) is 0 Å². The number of aryl methyl sites for hydroxylation is 1. The predicted octanol–water partition coefficient (Wildman–Crippen LogP) is 4.09. The lowest BCUT2D eigenvalue weighted by Gasteiger charge is -1.98. The van der Waals surface area contributed by atoms with E-state index in [4.69, 9.17) is 0 Å². The van der Waals surface area contributed by atoms with E-state index in [0.29, 0.717) is 5.69 Å². The number of carbonyl (C=O) groups is 1. The molecule has 0 aliphatic heterocycles. The number of benzene rings is 1. The summed E-state index contributed by atoms with van der Waals surface area (Å²) >= 11 is 3.37. The van der Waals surface area contributed by atoms with Crippen LogP contribution in [-0.4, -0.2) is 15.8 Å². The Kier molecular flexibility index (Phi) is 5.18. The van der Waals surface area contributed by atoms with E-state index in [1.165, 1.54) is 6.08 Å². The van der Waals surface area contributed by atoms with Gasteiger partial charge in [0.1, 0.15) is 5.69 Å². The van der Waals surface area contributed by atoms with Crippen molar-refractivity contribution >= 4 is 27.8 Å². The second-order valence-electron chi connectivity index (χ2n) is 4.39. The molecule has 0 aliphatic carbocycles. The van der Waals surface area contributed by atoms with E-state index in [9.17, 15) is 4.79 Å². The van der Waals surface area contributed by atoms with Gasteiger partial charge in [0.05, 0.1) is 11.9 Å². The monoisotopic (exact) mass is 330 g/mol. The Balaban J connectivity index is 2.05. The van der Waals surface area contributed by atoms with Crippen molar-refractivity contribution in [2.24, 2.45) is 0 Å². The number of hydrogen-bond donors (Lipinski definition) is 0. The van der Waals surface area contributed by atoms with Gasteiger partial charge < -0.3 is 0 Å². The highest BCUT2D eigenvalue weighted by Gasteiger charge is 2.04. The molecule has 20 heavy (non-hydrogen) atoms. The molecule has 0 bridgehead atoms. The third-order valence-corrected chi connectivity index (χ3v) is 3.29. The Bertz CT molecular complexity index is 603. The summed E-state index contributed by atoms with van der Waals surface area (Å²) in [6.07, 6.45) is 8.41. The fourth-order valence-electron chi connectivity index (χ4n) is 1.70. The summed E-state index contributed by atoms with van der Waals surface area (Å²) in [4.78, 5) is 20.3. The fourth-order valence-corrected chi connectivity index (χ4v) is 1.96. The van der Waals surface area contributed by atoms with Crippen molar-refractivity contribution in [3.8, 4) is 0 Å². The van der Waals surface area contributed by atoms with E-state index in [1.807, 2.05) is 24.3 Å². The molecule has 2 rings (SSSR count). The van der Waals surface area contributed by atoms with Gasteiger partial charge in [-0.3, -0.25) is 9.78 Å². The molecule has 0 saturated heterocycles. The number of ketones is 1. The number of carbonyl (C=O) groups excluding carboxylic acids is 1. The lowest BCUT2D eigenvalue weighted by Crippen LogP contribution is -2.01. The van der Waals surface area contributed by atoms with Crippen LogP contribution < -0.4 is 0 Å². The summed E-state index contributed by atoms with van der Waals surface area (Å²) < 4.78 is 1.01. The highest BCUT2D eigenvalue weighted by atomic mass is 79.9. The molecule has 0 atom stereocenters. The summed E-state index contributed by atoms with van der Waals surface area (Å²) in [5.41, 5.74) is 2.26. The third kappa shape index (κ3) is 4.10. The highest BCUT2D eigenvalue weighted by molar-refractivity contribution is 9.10. The second kappa shape index (κ2) is 7.10. The minimum Gasteiger partial charge on any atom is -0.287 e. The Hall–Kier alpha value is -1.81. The van der Waals surface area contributed by atoms with Crippen LogP contribution in [-0.2, 0) is 6.42 Å². The number of allylic oxidation sites excluding steroid dienone is 1. The molecule has 3 nitrogen and oxygen atoms in total. The van der Waals surface area contributed by atoms with Crippen LogP contribution in [0, 0.1) is 0 Å². The molecular weight excluding hydrogens is 316 g/mol. The maximum atomic E-state index is 12.0. The first-order chi connectivity index (χ1) is 9.69. The zero-order valence-electron chi connectivity index (χ0n) is 11.2. The van der Waals surface area contributed by atoms with Gasteiger partial charge in [0.15, 0.2) is 0 Å². The molecular formula is C16H15BrN2O. The number of nitrogens with zero attached hydrogens (tertiary/aromatic N) is 2. The molecule has 102 valence electrons. The number of aromatic nitrogens is 2. The smallest absolute Gasteiger partial charge is 0.205 e. The van der Waals surface area contributed by atoms with Gasteiger partial charge in [-0.05, 0) is 30.2 Å². The van der Waals surface area contributed by atoms with Gasteiger partial charge in [-0.15, -0.1) is 0 Å². The largest absolute Gasteiger partial charge is 0.287 e. The molecule has 1 aromatic heterocycles. The average molecular weight is 331 g/mol. The van der Waals surface area contributed by atoms with Crippen molar-refractivity contribution in [2.75, 3.05) is 0 Å². The molecule has 0 saturated carbocycles. The SMILES string of the molecule is CCCc1cnc(C(=O)/C=C/c2ccc(Br)cc2)cn1. The van der Waals surface area contributed by atoms with Crippen LogP contribution in [0.5, 0.6) is 0 Å². The van der Waals surface area contributed by atoms with Crippen LogP contribution in [0.15, 0.2) is 47.2 Å². The molecule has 0 fully saturated rings. The normalized spacial score (nSPS) is 10.9. The molecule has 1 aromatic carbocycles. The zero-order chi connectivity index (χ0) is 14.4. The number of hydrogen-bond acceptors (Lipinski definition) is 3. The third-order valence-electron chi connectivity index (χ3n) is 2.76. The van der Waals surface area contributed by atoms with E-state index in [1.54, 1.807) is 18.5 Å². The molecule has 4 heteroatoms. The van der Waals surface area contributed by atoms with Crippen molar-refractivity contribution in [2.45, 2.75) is 19.8 Å². The van der Waals surface area contributed by atoms with Crippen LogP contribution in [0.3, 0.4) is 0 Å². The van der Waals surface area contributed by atoms with Crippen molar-refractivity contribution in [1.82, 2.24) is 9.97 Å².